The van der Waals surface area contributed by atoms with Gasteiger partial charge in [-0.05, 0) is 43.7 Å². The van der Waals surface area contributed by atoms with Gasteiger partial charge in [-0.2, -0.15) is 0 Å². The first kappa shape index (κ1) is 18.1. The van der Waals surface area contributed by atoms with Crippen molar-refractivity contribution >= 4 is 33.4 Å². The summed E-state index contributed by atoms with van der Waals surface area (Å²) in [6.07, 6.45) is 6.98. The molecule has 28 heavy (non-hydrogen) atoms. The summed E-state index contributed by atoms with van der Waals surface area (Å²) in [5, 5.41) is 4.18. The van der Waals surface area contributed by atoms with E-state index in [4.69, 9.17) is 0 Å². The van der Waals surface area contributed by atoms with Crippen LogP contribution in [-0.2, 0) is 16.0 Å². The Balaban J connectivity index is 1.20. The molecule has 0 bridgehead atoms. The molecule has 1 atom stereocenters. The highest BCUT2D eigenvalue weighted by Crippen LogP contribution is 2.52. The fraction of sp³-hybridized carbons (Fsp3) is 0.591. The Morgan fingerprint density at radius 1 is 1.25 bits per heavy atom. The molecule has 1 aromatic heterocycles. The number of aryl methyl sites for hydroxylation is 1. The van der Waals surface area contributed by atoms with Crippen molar-refractivity contribution in [3.8, 4) is 0 Å². The largest absolute Gasteiger partial charge is 0.356 e. The van der Waals surface area contributed by atoms with Crippen LogP contribution >= 0.6 is 11.3 Å². The maximum atomic E-state index is 12.9. The molecule has 6 heteroatoms. The normalized spacial score (nSPS) is 23.1. The van der Waals surface area contributed by atoms with E-state index in [1.165, 1.54) is 24.0 Å². The number of carbonyl (C=O) groups excluding carboxylic acids is 2. The Hall–Kier alpha value is -1.95. The number of para-hydroxylation sites is 1. The van der Waals surface area contributed by atoms with Crippen LogP contribution in [-0.4, -0.2) is 41.3 Å². The fourth-order valence-electron chi connectivity index (χ4n) is 4.75. The number of amides is 2. The van der Waals surface area contributed by atoms with Crippen LogP contribution in [0.1, 0.15) is 43.5 Å². The molecule has 1 aromatic carbocycles. The van der Waals surface area contributed by atoms with Crippen LogP contribution in [0.4, 0.5) is 0 Å². The van der Waals surface area contributed by atoms with E-state index in [9.17, 15) is 9.59 Å². The lowest BCUT2D eigenvalue weighted by Crippen LogP contribution is -2.45. The van der Waals surface area contributed by atoms with Gasteiger partial charge < -0.3 is 10.2 Å². The number of nitrogens with zero attached hydrogens (tertiary/aromatic N) is 2. The second kappa shape index (κ2) is 7.14. The van der Waals surface area contributed by atoms with Gasteiger partial charge in [-0.25, -0.2) is 4.98 Å². The Labute approximate surface area is 169 Å². The van der Waals surface area contributed by atoms with Crippen molar-refractivity contribution in [3.63, 3.8) is 0 Å². The zero-order valence-corrected chi connectivity index (χ0v) is 17.0. The monoisotopic (exact) mass is 397 g/mol. The van der Waals surface area contributed by atoms with E-state index >= 15 is 0 Å². The smallest absolute Gasteiger partial charge is 0.225 e. The quantitative estimate of drug-likeness (QED) is 0.813. The molecule has 3 aliphatic rings. The molecule has 1 aliphatic heterocycles. The molecular weight excluding hydrogens is 370 g/mol. The van der Waals surface area contributed by atoms with Gasteiger partial charge in [0, 0.05) is 37.9 Å². The number of nitrogens with one attached hydrogen (secondary N) is 1. The molecule has 2 aliphatic carbocycles. The summed E-state index contributed by atoms with van der Waals surface area (Å²) >= 11 is 1.67. The van der Waals surface area contributed by atoms with E-state index in [-0.39, 0.29) is 23.1 Å². The number of likely N-dealkylation sites (tertiary alicyclic amines) is 1. The van der Waals surface area contributed by atoms with Gasteiger partial charge in [0.25, 0.3) is 0 Å². The summed E-state index contributed by atoms with van der Waals surface area (Å²) in [4.78, 5) is 32.2. The average molecular weight is 398 g/mol. The lowest BCUT2D eigenvalue weighted by Gasteiger charge is -2.41. The van der Waals surface area contributed by atoms with Crippen molar-refractivity contribution in [2.75, 3.05) is 19.6 Å². The van der Waals surface area contributed by atoms with Gasteiger partial charge in [0.15, 0.2) is 0 Å². The van der Waals surface area contributed by atoms with Crippen molar-refractivity contribution < 1.29 is 9.59 Å². The highest BCUT2D eigenvalue weighted by molar-refractivity contribution is 7.18. The van der Waals surface area contributed by atoms with Crippen molar-refractivity contribution in [1.29, 1.82) is 0 Å². The second-order valence-corrected chi connectivity index (χ2v) is 9.92. The molecule has 1 saturated heterocycles. The van der Waals surface area contributed by atoms with Gasteiger partial charge >= 0.3 is 0 Å². The van der Waals surface area contributed by atoms with Crippen molar-refractivity contribution in [2.24, 2.45) is 17.3 Å². The topological polar surface area (TPSA) is 62.3 Å². The number of thiazole rings is 1. The minimum atomic E-state index is -0.0219. The molecule has 1 spiro atoms. The molecule has 2 aromatic rings. The molecule has 1 N–H and O–H groups in total. The molecule has 148 valence electrons. The zero-order chi connectivity index (χ0) is 19.1. The summed E-state index contributed by atoms with van der Waals surface area (Å²) in [5.74, 6) is 1.01. The predicted octanol–water partition coefficient (Wildman–Crippen LogP) is 3.38. The van der Waals surface area contributed by atoms with Crippen LogP contribution in [0.2, 0.25) is 0 Å². The highest BCUT2D eigenvalue weighted by atomic mass is 32.1. The van der Waals surface area contributed by atoms with E-state index in [1.807, 2.05) is 23.1 Å². The van der Waals surface area contributed by atoms with Crippen LogP contribution in [0.3, 0.4) is 0 Å². The first-order chi connectivity index (χ1) is 13.6. The summed E-state index contributed by atoms with van der Waals surface area (Å²) in [7, 11) is 0. The average Bonchev–Trinajstić information content (AvgIpc) is 3.26. The predicted molar refractivity (Wildman–Crippen MR) is 110 cm³/mol. The minimum Gasteiger partial charge on any atom is -0.356 e. The first-order valence-electron chi connectivity index (χ1n) is 10.5. The molecule has 2 saturated carbocycles. The van der Waals surface area contributed by atoms with Crippen molar-refractivity contribution in [3.05, 3.63) is 29.3 Å². The Morgan fingerprint density at radius 2 is 2.07 bits per heavy atom. The lowest BCUT2D eigenvalue weighted by atomic mass is 9.62. The van der Waals surface area contributed by atoms with E-state index in [0.29, 0.717) is 25.3 Å². The fourth-order valence-corrected chi connectivity index (χ4v) is 5.71. The van der Waals surface area contributed by atoms with Crippen molar-refractivity contribution in [2.45, 2.75) is 44.9 Å². The summed E-state index contributed by atoms with van der Waals surface area (Å²) in [6, 6.07) is 8.10. The molecular formula is C22H27N3O2S. The summed E-state index contributed by atoms with van der Waals surface area (Å²) in [5.41, 5.74) is 1.05. The zero-order valence-electron chi connectivity index (χ0n) is 16.2. The third kappa shape index (κ3) is 3.43. The molecule has 5 rings (SSSR count). The standard InChI is InChI=1S/C22H27N3O2S/c26-20(9-8-19-24-17-4-1-2-5-18(17)28-19)25-13-16(22(14-25)10-3-11-22)21(27)23-12-15-6-7-15/h1-2,4-5,15-16H,3,6-14H2,(H,23,27). The van der Waals surface area contributed by atoms with E-state index in [1.54, 1.807) is 11.3 Å². The Morgan fingerprint density at radius 3 is 2.79 bits per heavy atom. The maximum absolute atomic E-state index is 12.9. The first-order valence-corrected chi connectivity index (χ1v) is 11.3. The molecule has 2 heterocycles. The van der Waals surface area contributed by atoms with E-state index < -0.39 is 0 Å². The van der Waals surface area contributed by atoms with Gasteiger partial charge in [-0.1, -0.05) is 18.6 Å². The minimum absolute atomic E-state index is 0.0219. The van der Waals surface area contributed by atoms with Gasteiger partial charge in [0.2, 0.25) is 11.8 Å². The molecule has 3 fully saturated rings. The third-order valence-corrected chi connectivity index (χ3v) is 7.92. The Kier molecular flexibility index (Phi) is 4.62. The van der Waals surface area contributed by atoms with Crippen LogP contribution in [0, 0.1) is 17.3 Å². The second-order valence-electron chi connectivity index (χ2n) is 8.81. The van der Waals surface area contributed by atoms with Gasteiger partial charge in [-0.15, -0.1) is 11.3 Å². The van der Waals surface area contributed by atoms with Crippen molar-refractivity contribution in [1.82, 2.24) is 15.2 Å². The number of carbonyl (C=O) groups is 2. The number of rotatable bonds is 6. The van der Waals surface area contributed by atoms with Gasteiger partial charge in [0.05, 0.1) is 21.1 Å². The molecule has 1 unspecified atom stereocenters. The summed E-state index contributed by atoms with van der Waals surface area (Å²) < 4.78 is 1.17. The van der Waals surface area contributed by atoms with Crippen LogP contribution in [0.25, 0.3) is 10.2 Å². The number of hydrogen-bond donors (Lipinski definition) is 1. The van der Waals surface area contributed by atoms with E-state index in [0.717, 1.165) is 36.5 Å². The van der Waals surface area contributed by atoms with Gasteiger partial charge in [0.1, 0.15) is 0 Å². The number of hydrogen-bond acceptors (Lipinski definition) is 4. The number of benzene rings is 1. The molecule has 2 amide bonds. The SMILES string of the molecule is O=C(NCC1CC1)C1CN(C(=O)CCc2nc3ccccc3s2)CC12CCC2. The lowest BCUT2D eigenvalue weighted by molar-refractivity contribution is -0.130. The molecule has 0 radical (unpaired) electrons. The van der Waals surface area contributed by atoms with Crippen LogP contribution in [0.15, 0.2) is 24.3 Å². The highest BCUT2D eigenvalue weighted by Gasteiger charge is 2.54. The van der Waals surface area contributed by atoms with E-state index in [2.05, 4.69) is 16.4 Å². The Bertz CT molecular complexity index is 867. The third-order valence-electron chi connectivity index (χ3n) is 6.82. The van der Waals surface area contributed by atoms with Crippen LogP contribution < -0.4 is 5.32 Å². The molecule has 5 nitrogen and oxygen atoms in total. The van der Waals surface area contributed by atoms with Gasteiger partial charge in [-0.3, -0.25) is 9.59 Å². The number of aromatic nitrogens is 1. The number of fused-ring (bicyclic) bond motifs is 1. The summed E-state index contributed by atoms with van der Waals surface area (Å²) in [6.45, 7) is 2.17. The van der Waals surface area contributed by atoms with Crippen LogP contribution in [0.5, 0.6) is 0 Å². The maximum Gasteiger partial charge on any atom is 0.225 e.